The van der Waals surface area contributed by atoms with Gasteiger partial charge in [-0.2, -0.15) is 5.10 Å². The summed E-state index contributed by atoms with van der Waals surface area (Å²) in [7, 11) is -1.14. The lowest BCUT2D eigenvalue weighted by Crippen LogP contribution is -2.42. The monoisotopic (exact) mass is 576 g/mol. The van der Waals surface area contributed by atoms with E-state index in [9.17, 15) is 4.79 Å². The molecule has 2 aromatic heterocycles. The van der Waals surface area contributed by atoms with Gasteiger partial charge in [0.2, 0.25) is 5.91 Å². The molecule has 4 heterocycles. The van der Waals surface area contributed by atoms with Crippen LogP contribution in [0.2, 0.25) is 25.7 Å². The minimum atomic E-state index is -1.14. The zero-order chi connectivity index (χ0) is 25.9. The highest BCUT2D eigenvalue weighted by Crippen LogP contribution is 2.36. The van der Waals surface area contributed by atoms with Gasteiger partial charge >= 0.3 is 0 Å². The second-order valence-electron chi connectivity index (χ2n) is 11.8. The van der Waals surface area contributed by atoms with Crippen LogP contribution in [0.25, 0.3) is 0 Å². The number of pyridine rings is 1. The van der Waals surface area contributed by atoms with Gasteiger partial charge in [0.25, 0.3) is 0 Å². The van der Waals surface area contributed by atoms with Crippen molar-refractivity contribution in [3.8, 4) is 0 Å². The molecule has 0 aromatic carbocycles. The number of halogens is 1. The molecule has 2 aliphatic heterocycles. The Morgan fingerprint density at radius 2 is 2.06 bits per heavy atom. The van der Waals surface area contributed by atoms with Gasteiger partial charge in [0.1, 0.15) is 11.3 Å². The Balaban J connectivity index is 1.25. The summed E-state index contributed by atoms with van der Waals surface area (Å²) >= 11 is 3.44. The van der Waals surface area contributed by atoms with Crippen molar-refractivity contribution < 1.29 is 9.53 Å². The molecule has 198 valence electrons. The molecule has 2 N–H and O–H groups in total. The van der Waals surface area contributed by atoms with E-state index < -0.39 is 8.07 Å². The van der Waals surface area contributed by atoms with Gasteiger partial charge in [-0.1, -0.05) is 25.7 Å². The third-order valence-corrected chi connectivity index (χ3v) is 9.53. The van der Waals surface area contributed by atoms with Crippen LogP contribution < -0.4 is 5.73 Å². The molecule has 1 atom stereocenters. The molecule has 0 aliphatic carbocycles. The number of carbonyl (C=O) groups is 1. The van der Waals surface area contributed by atoms with Crippen molar-refractivity contribution in [1.82, 2.24) is 24.6 Å². The number of aryl methyl sites for hydroxylation is 1. The molecule has 10 heteroatoms. The van der Waals surface area contributed by atoms with Crippen LogP contribution >= 0.6 is 15.9 Å². The van der Waals surface area contributed by atoms with E-state index in [0.717, 1.165) is 79.5 Å². The lowest BCUT2D eigenvalue weighted by atomic mass is 9.88. The SMILES string of the molecule is CC1(C(=O)N2Cc3c(N)nn(COCC[Si](C)(C)C)c3C2)CCN(CCCCc2cccc(Br)n2)C1. The molecular weight excluding hydrogens is 536 g/mol. The van der Waals surface area contributed by atoms with E-state index in [1.807, 2.05) is 21.7 Å². The highest BCUT2D eigenvalue weighted by molar-refractivity contribution is 9.10. The first-order chi connectivity index (χ1) is 17.0. The fourth-order valence-electron chi connectivity index (χ4n) is 5.15. The largest absolute Gasteiger partial charge is 0.382 e. The van der Waals surface area contributed by atoms with Crippen LogP contribution in [0.15, 0.2) is 22.8 Å². The van der Waals surface area contributed by atoms with Crippen molar-refractivity contribution >= 4 is 35.7 Å². The summed E-state index contributed by atoms with van der Waals surface area (Å²) < 4.78 is 8.65. The smallest absolute Gasteiger partial charge is 0.230 e. The Bertz CT molecular complexity index is 1070. The van der Waals surface area contributed by atoms with Gasteiger partial charge in [-0.15, -0.1) is 0 Å². The zero-order valence-corrected chi connectivity index (χ0v) is 24.8. The fraction of sp³-hybridized carbons (Fsp3) is 0.654. The van der Waals surface area contributed by atoms with E-state index in [1.165, 1.54) is 0 Å². The Hall–Kier alpha value is -1.75. The lowest BCUT2D eigenvalue weighted by molar-refractivity contribution is -0.141. The standard InChI is InChI=1S/C26H41BrN6O2Si/c1-26(11-13-31(18-26)12-6-5-8-20-9-7-10-23(27)29-20)25(34)32-16-21-22(17-32)33(30-24(21)28)19-35-14-15-36(2,3)4/h7,9-10H,5-6,8,11-19H2,1-4H3,(H2,28,30). The maximum atomic E-state index is 13.6. The number of hydrogen-bond acceptors (Lipinski definition) is 6. The van der Waals surface area contributed by atoms with Gasteiger partial charge in [0.15, 0.2) is 5.82 Å². The summed E-state index contributed by atoms with van der Waals surface area (Å²) in [6.45, 7) is 14.2. The first-order valence-corrected chi connectivity index (χ1v) is 17.6. The van der Waals surface area contributed by atoms with E-state index in [-0.39, 0.29) is 11.3 Å². The van der Waals surface area contributed by atoms with Gasteiger partial charge in [-0.3, -0.25) is 4.79 Å². The van der Waals surface area contributed by atoms with Gasteiger partial charge in [-0.05, 0) is 79.8 Å². The van der Waals surface area contributed by atoms with Crippen LogP contribution in [0.1, 0.15) is 43.1 Å². The van der Waals surface area contributed by atoms with Crippen LogP contribution in [-0.2, 0) is 35.8 Å². The van der Waals surface area contributed by atoms with Crippen molar-refractivity contribution in [2.24, 2.45) is 5.41 Å². The first-order valence-electron chi connectivity index (χ1n) is 13.1. The van der Waals surface area contributed by atoms with E-state index in [4.69, 9.17) is 10.5 Å². The summed E-state index contributed by atoms with van der Waals surface area (Å²) in [5.74, 6) is 0.748. The number of carbonyl (C=O) groups excluding carboxylic acids is 1. The highest BCUT2D eigenvalue weighted by atomic mass is 79.9. The van der Waals surface area contributed by atoms with Gasteiger partial charge in [0, 0.05) is 32.5 Å². The van der Waals surface area contributed by atoms with Crippen molar-refractivity contribution in [2.75, 3.05) is 32.0 Å². The minimum Gasteiger partial charge on any atom is -0.382 e. The minimum absolute atomic E-state index is 0.227. The van der Waals surface area contributed by atoms with E-state index in [0.29, 0.717) is 25.6 Å². The molecule has 0 bridgehead atoms. The quantitative estimate of drug-likeness (QED) is 0.240. The topological polar surface area (TPSA) is 89.5 Å². The Labute approximate surface area is 224 Å². The van der Waals surface area contributed by atoms with Crippen LogP contribution in [0.3, 0.4) is 0 Å². The van der Waals surface area contributed by atoms with Crippen molar-refractivity contribution in [1.29, 1.82) is 0 Å². The summed E-state index contributed by atoms with van der Waals surface area (Å²) in [5, 5.41) is 4.48. The number of likely N-dealkylation sites (tertiary alicyclic amines) is 1. The normalized spacial score (nSPS) is 20.3. The molecule has 0 radical (unpaired) electrons. The number of amides is 1. The molecule has 4 rings (SSSR count). The maximum Gasteiger partial charge on any atom is 0.230 e. The van der Waals surface area contributed by atoms with Gasteiger partial charge < -0.3 is 20.3 Å². The van der Waals surface area contributed by atoms with Crippen molar-refractivity contribution in [2.45, 2.75) is 78.1 Å². The number of ether oxygens (including phenoxy) is 1. The van der Waals surface area contributed by atoms with Gasteiger partial charge in [-0.25, -0.2) is 9.67 Å². The molecule has 36 heavy (non-hydrogen) atoms. The Morgan fingerprint density at radius 1 is 1.25 bits per heavy atom. The maximum absolute atomic E-state index is 13.6. The predicted molar refractivity (Wildman–Crippen MR) is 149 cm³/mol. The third-order valence-electron chi connectivity index (χ3n) is 7.38. The molecular formula is C26H41BrN6O2Si. The second-order valence-corrected chi connectivity index (χ2v) is 18.2. The first kappa shape index (κ1) is 27.3. The zero-order valence-electron chi connectivity index (χ0n) is 22.2. The second kappa shape index (κ2) is 11.3. The number of nitrogens with zero attached hydrogens (tertiary/aromatic N) is 5. The van der Waals surface area contributed by atoms with Crippen molar-refractivity contribution in [3.63, 3.8) is 0 Å². The van der Waals surface area contributed by atoms with Gasteiger partial charge in [0.05, 0.1) is 24.2 Å². The molecule has 2 aliphatic rings. The summed E-state index contributed by atoms with van der Waals surface area (Å²) in [6.07, 6.45) is 4.09. The van der Waals surface area contributed by atoms with Crippen molar-refractivity contribution in [3.05, 3.63) is 39.8 Å². The Morgan fingerprint density at radius 3 is 2.81 bits per heavy atom. The van der Waals surface area contributed by atoms with E-state index >= 15 is 0 Å². The number of anilines is 1. The number of nitrogens with two attached hydrogens (primary N) is 1. The fourth-order valence-corrected chi connectivity index (χ4v) is 6.28. The predicted octanol–water partition coefficient (Wildman–Crippen LogP) is 4.51. The molecule has 0 spiro atoms. The number of rotatable bonds is 11. The molecule has 1 unspecified atom stereocenters. The molecule has 2 aromatic rings. The lowest BCUT2D eigenvalue weighted by Gasteiger charge is -2.29. The van der Waals surface area contributed by atoms with E-state index in [2.05, 4.69) is 63.5 Å². The number of aromatic nitrogens is 3. The number of nitrogen functional groups attached to an aromatic ring is 1. The Kier molecular flexibility index (Phi) is 8.59. The van der Waals surface area contributed by atoms with Crippen LogP contribution in [0, 0.1) is 5.41 Å². The van der Waals surface area contributed by atoms with E-state index in [1.54, 1.807) is 0 Å². The van der Waals surface area contributed by atoms with Crippen LogP contribution in [-0.4, -0.2) is 64.8 Å². The molecule has 1 amide bonds. The highest BCUT2D eigenvalue weighted by Gasteiger charge is 2.44. The average Bonchev–Trinajstić information content (AvgIpc) is 3.49. The van der Waals surface area contributed by atoms with Crippen LogP contribution in [0.5, 0.6) is 0 Å². The number of hydrogen-bond donors (Lipinski definition) is 1. The summed E-state index contributed by atoms with van der Waals surface area (Å²) in [5.41, 5.74) is 9.00. The summed E-state index contributed by atoms with van der Waals surface area (Å²) in [4.78, 5) is 22.5. The molecule has 1 fully saturated rings. The van der Waals surface area contributed by atoms with Crippen LogP contribution in [0.4, 0.5) is 5.82 Å². The third kappa shape index (κ3) is 6.76. The molecule has 0 saturated carbocycles. The number of fused-ring (bicyclic) bond motifs is 1. The molecule has 8 nitrogen and oxygen atoms in total. The summed E-state index contributed by atoms with van der Waals surface area (Å²) in [6, 6.07) is 7.19. The molecule has 1 saturated heterocycles. The number of unbranched alkanes of at least 4 members (excludes halogenated alkanes) is 1. The average molecular weight is 578 g/mol.